The van der Waals surface area contributed by atoms with Crippen LogP contribution in [-0.2, 0) is 25.0 Å². The standard InChI is InChI=1S/2C3H4N4O2.H2O.Zn/c2*4-3-5-1(2(8)9)6-7-3;;/h2*(H,8,9)(H3,4,5,6,7);1H2;/q;;;+2/p-1. The summed E-state index contributed by atoms with van der Waals surface area (Å²) < 4.78 is 0. The van der Waals surface area contributed by atoms with Crippen LogP contribution in [0.5, 0.6) is 0 Å². The van der Waals surface area contributed by atoms with E-state index in [4.69, 9.17) is 11.5 Å². The van der Waals surface area contributed by atoms with E-state index in [0.29, 0.717) is 0 Å². The van der Waals surface area contributed by atoms with Gasteiger partial charge in [-0.15, -0.1) is 0 Å². The minimum absolute atomic E-state index is 0. The van der Waals surface area contributed by atoms with Crippen LogP contribution in [0.3, 0.4) is 0 Å². The van der Waals surface area contributed by atoms with Crippen molar-refractivity contribution in [3.05, 3.63) is 11.6 Å². The molecule has 2 aromatic rings. The fourth-order valence-electron chi connectivity index (χ4n) is 0.731. The molecule has 0 aliphatic rings. The molecule has 9 N–H and O–H groups in total. The molecule has 0 radical (unpaired) electrons. The minimum Gasteiger partial charge on any atom is -0.541 e. The zero-order chi connectivity index (χ0) is 13.7. The summed E-state index contributed by atoms with van der Waals surface area (Å²) in [6, 6.07) is 0. The number of carboxylic acid groups (broad SMARTS) is 2. The Kier molecular flexibility index (Phi) is 8.38. The first kappa shape index (κ1) is 19.7. The topological polar surface area (TPSA) is 248 Å². The van der Waals surface area contributed by atoms with Gasteiger partial charge in [0.2, 0.25) is 11.9 Å². The summed E-state index contributed by atoms with van der Waals surface area (Å²) in [4.78, 5) is 26.3. The van der Waals surface area contributed by atoms with Gasteiger partial charge in [0, 0.05) is 0 Å². The van der Waals surface area contributed by atoms with Gasteiger partial charge in [0.15, 0.2) is 11.6 Å². The number of nitrogens with one attached hydrogen (secondary N) is 2. The van der Waals surface area contributed by atoms with Crippen LogP contribution >= 0.6 is 0 Å². The molecule has 0 aromatic carbocycles. The van der Waals surface area contributed by atoms with E-state index in [1.807, 2.05) is 0 Å². The quantitative estimate of drug-likeness (QED) is 0.298. The SMILES string of the molecule is Nc1nc(C(=O)[O-])n[nH]1.Nc1nc(C(=O)[O-])n[nH]1.[OH3+].[Zn+2]. The van der Waals surface area contributed by atoms with Crippen LogP contribution in [0.2, 0.25) is 0 Å². The maximum atomic E-state index is 9.90. The molecule has 0 saturated heterocycles. The summed E-state index contributed by atoms with van der Waals surface area (Å²) in [7, 11) is 0. The van der Waals surface area contributed by atoms with Gasteiger partial charge >= 0.3 is 19.5 Å². The normalized spacial score (nSPS) is 8.40. The second-order valence-corrected chi connectivity index (χ2v) is 2.66. The second-order valence-electron chi connectivity index (χ2n) is 2.66. The second kappa shape index (κ2) is 8.50. The van der Waals surface area contributed by atoms with Gasteiger partial charge in [-0.25, -0.2) is 10.2 Å². The fraction of sp³-hybridized carbons (Fsp3) is 0. The van der Waals surface area contributed by atoms with E-state index < -0.39 is 23.6 Å². The molecule has 2 heterocycles. The van der Waals surface area contributed by atoms with Crippen LogP contribution in [0.15, 0.2) is 0 Å². The Balaban J connectivity index is 0. The van der Waals surface area contributed by atoms with Gasteiger partial charge in [0.05, 0.1) is 0 Å². The third-order valence-electron chi connectivity index (χ3n) is 1.37. The van der Waals surface area contributed by atoms with Crippen LogP contribution in [0.25, 0.3) is 0 Å². The van der Waals surface area contributed by atoms with Crippen molar-refractivity contribution >= 4 is 23.8 Å². The zero-order valence-electron chi connectivity index (χ0n) is 9.86. The molecule has 13 nitrogen and oxygen atoms in total. The number of nitrogens with zero attached hydrogens (tertiary/aromatic N) is 4. The van der Waals surface area contributed by atoms with Crippen molar-refractivity contribution in [3.63, 3.8) is 0 Å². The number of aromatic nitrogens is 6. The predicted octanol–water partition coefficient (Wildman–Crippen LogP) is -5.42. The van der Waals surface area contributed by atoms with E-state index in [1.54, 1.807) is 0 Å². The molecular weight excluding hydrogens is 330 g/mol. The maximum Gasteiger partial charge on any atom is 2.00 e. The van der Waals surface area contributed by atoms with E-state index in [9.17, 15) is 19.8 Å². The molecule has 0 bridgehead atoms. The van der Waals surface area contributed by atoms with Gasteiger partial charge in [-0.1, -0.05) is 0 Å². The molecule has 14 heteroatoms. The Bertz CT molecular complexity index is 517. The average Bonchev–Trinajstić information content (AvgIpc) is 2.88. The number of carboxylic acids is 2. The van der Waals surface area contributed by atoms with E-state index in [-0.39, 0.29) is 36.9 Å². The number of carbonyl (C=O) groups excluding carboxylic acids is 2. The molecule has 0 saturated carbocycles. The van der Waals surface area contributed by atoms with Crippen molar-refractivity contribution in [2.24, 2.45) is 0 Å². The number of H-pyrrole nitrogens is 2. The molecule has 0 atom stereocenters. The molecule has 0 aliphatic carbocycles. The van der Waals surface area contributed by atoms with E-state index in [0.717, 1.165) is 0 Å². The van der Waals surface area contributed by atoms with Crippen molar-refractivity contribution in [1.82, 2.24) is 30.4 Å². The van der Waals surface area contributed by atoms with Crippen molar-refractivity contribution in [1.29, 1.82) is 0 Å². The largest absolute Gasteiger partial charge is 2.00 e. The zero-order valence-corrected chi connectivity index (χ0v) is 12.8. The molecule has 2 rings (SSSR count). The first-order valence-electron chi connectivity index (χ1n) is 4.18. The number of rotatable bonds is 2. The first-order valence-corrected chi connectivity index (χ1v) is 4.18. The average molecular weight is 339 g/mol. The Hall–Kier alpha value is -2.60. The number of nitrogen functional groups attached to an aromatic ring is 2. The van der Waals surface area contributed by atoms with Crippen LogP contribution in [0.4, 0.5) is 11.9 Å². The summed E-state index contributed by atoms with van der Waals surface area (Å²) >= 11 is 0. The third-order valence-corrected chi connectivity index (χ3v) is 1.37. The number of aromatic amines is 2. The van der Waals surface area contributed by atoms with Gasteiger partial charge in [-0.05, 0) is 0 Å². The number of hydrogen-bond acceptors (Lipinski definition) is 10. The molecule has 0 spiro atoms. The van der Waals surface area contributed by atoms with Gasteiger partial charge < -0.3 is 36.7 Å². The van der Waals surface area contributed by atoms with Crippen LogP contribution < -0.4 is 21.7 Å². The van der Waals surface area contributed by atoms with Crippen molar-refractivity contribution < 1.29 is 44.8 Å². The molecule has 104 valence electrons. The van der Waals surface area contributed by atoms with Gasteiger partial charge in [0.1, 0.15) is 11.9 Å². The Morgan fingerprint density at radius 2 is 1.20 bits per heavy atom. The smallest absolute Gasteiger partial charge is 0.541 e. The number of nitrogens with two attached hydrogens (primary N) is 2. The molecule has 0 amide bonds. The van der Waals surface area contributed by atoms with Gasteiger partial charge in [-0.3, -0.25) is 0 Å². The number of hydrogen-bond donors (Lipinski definition) is 4. The molecule has 0 unspecified atom stereocenters. The maximum absolute atomic E-state index is 9.90. The Morgan fingerprint density at radius 1 is 0.900 bits per heavy atom. The summed E-state index contributed by atoms with van der Waals surface area (Å²) in [6.45, 7) is 0. The van der Waals surface area contributed by atoms with E-state index in [2.05, 4.69) is 30.4 Å². The van der Waals surface area contributed by atoms with Crippen molar-refractivity contribution in [2.75, 3.05) is 11.5 Å². The third kappa shape index (κ3) is 5.83. The Morgan fingerprint density at radius 3 is 1.30 bits per heavy atom. The minimum atomic E-state index is -1.44. The summed E-state index contributed by atoms with van der Waals surface area (Å²) in [5.41, 5.74) is 9.99. The monoisotopic (exact) mass is 337 g/mol. The summed E-state index contributed by atoms with van der Waals surface area (Å²) in [6.07, 6.45) is 0. The van der Waals surface area contributed by atoms with Crippen LogP contribution in [0.1, 0.15) is 21.2 Å². The number of aromatic carboxylic acids is 2. The molecule has 2 aromatic heterocycles. The van der Waals surface area contributed by atoms with Crippen molar-refractivity contribution in [3.8, 4) is 0 Å². The Labute approximate surface area is 122 Å². The molecular formula is C6H9N8O5Zn+. The molecule has 20 heavy (non-hydrogen) atoms. The predicted molar refractivity (Wildman–Crippen MR) is 55.1 cm³/mol. The van der Waals surface area contributed by atoms with Crippen molar-refractivity contribution in [2.45, 2.75) is 0 Å². The first-order chi connectivity index (χ1) is 8.40. The van der Waals surface area contributed by atoms with Gasteiger partial charge in [-0.2, -0.15) is 20.2 Å². The molecule has 0 fully saturated rings. The number of anilines is 2. The van der Waals surface area contributed by atoms with Crippen LogP contribution in [0, 0.1) is 0 Å². The van der Waals surface area contributed by atoms with E-state index in [1.165, 1.54) is 0 Å². The van der Waals surface area contributed by atoms with Gasteiger partial charge in [0.25, 0.3) is 0 Å². The summed E-state index contributed by atoms with van der Waals surface area (Å²) in [5, 5.41) is 30.5. The molecule has 0 aliphatic heterocycles. The fourth-order valence-corrected chi connectivity index (χ4v) is 0.731. The summed E-state index contributed by atoms with van der Waals surface area (Å²) in [5.74, 6) is -3.80. The van der Waals surface area contributed by atoms with Crippen LogP contribution in [-0.4, -0.2) is 42.3 Å². The van der Waals surface area contributed by atoms with E-state index >= 15 is 0 Å². The number of carbonyl (C=O) groups is 2.